The van der Waals surface area contributed by atoms with Crippen molar-refractivity contribution in [1.29, 1.82) is 0 Å². The number of carbonyl (C=O) groups is 1. The number of carbonyl (C=O) groups excluding carboxylic acids is 1. The average molecular weight is 364 g/mol. The van der Waals surface area contributed by atoms with Gasteiger partial charge < -0.3 is 15.6 Å². The quantitative estimate of drug-likeness (QED) is 0.672. The van der Waals surface area contributed by atoms with E-state index < -0.39 is 0 Å². The Hall–Kier alpha value is -2.11. The van der Waals surface area contributed by atoms with Gasteiger partial charge in [-0.1, -0.05) is 43.2 Å². The Kier molecular flexibility index (Phi) is 9.58. The SMILES string of the molecule is Cl.NCCCCCCC(=O)Nc1cccn(Cc2ccccc2)c1=O. The number of nitrogens with two attached hydrogens (primary N) is 1. The summed E-state index contributed by atoms with van der Waals surface area (Å²) in [7, 11) is 0. The largest absolute Gasteiger partial charge is 0.330 e. The van der Waals surface area contributed by atoms with Crippen LogP contribution in [0.5, 0.6) is 0 Å². The third-order valence-electron chi connectivity index (χ3n) is 3.85. The molecular weight excluding hydrogens is 338 g/mol. The number of rotatable bonds is 9. The number of amides is 1. The first-order chi connectivity index (χ1) is 11.7. The highest BCUT2D eigenvalue weighted by Gasteiger charge is 2.07. The molecule has 2 rings (SSSR count). The Morgan fingerprint density at radius 2 is 1.72 bits per heavy atom. The fourth-order valence-corrected chi connectivity index (χ4v) is 2.53. The van der Waals surface area contributed by atoms with Crippen molar-refractivity contribution in [1.82, 2.24) is 4.57 Å². The lowest BCUT2D eigenvalue weighted by Crippen LogP contribution is -2.25. The highest BCUT2D eigenvalue weighted by molar-refractivity contribution is 5.90. The molecule has 1 heterocycles. The molecule has 136 valence electrons. The van der Waals surface area contributed by atoms with Gasteiger partial charge in [-0.25, -0.2) is 0 Å². The zero-order chi connectivity index (χ0) is 17.2. The van der Waals surface area contributed by atoms with Crippen LogP contribution in [0.4, 0.5) is 5.69 Å². The molecule has 0 spiro atoms. The molecule has 0 saturated carbocycles. The number of unbranched alkanes of at least 4 members (excludes halogenated alkanes) is 3. The van der Waals surface area contributed by atoms with Gasteiger partial charge in [0.1, 0.15) is 5.69 Å². The number of aromatic nitrogens is 1. The maximum absolute atomic E-state index is 12.5. The number of hydrogen-bond donors (Lipinski definition) is 2. The molecular formula is C19H26ClN3O2. The number of nitrogens with one attached hydrogen (secondary N) is 1. The Morgan fingerprint density at radius 3 is 2.44 bits per heavy atom. The molecule has 6 heteroatoms. The lowest BCUT2D eigenvalue weighted by atomic mass is 10.1. The molecule has 0 unspecified atom stereocenters. The summed E-state index contributed by atoms with van der Waals surface area (Å²) in [6, 6.07) is 13.2. The molecule has 0 fully saturated rings. The summed E-state index contributed by atoms with van der Waals surface area (Å²) < 4.78 is 1.60. The summed E-state index contributed by atoms with van der Waals surface area (Å²) in [6.45, 7) is 1.18. The van der Waals surface area contributed by atoms with Crippen LogP contribution in [0.15, 0.2) is 53.5 Å². The fraction of sp³-hybridized carbons (Fsp3) is 0.368. The summed E-state index contributed by atoms with van der Waals surface area (Å²) in [5.74, 6) is -0.114. The minimum absolute atomic E-state index is 0. The van der Waals surface area contributed by atoms with Gasteiger partial charge in [-0.3, -0.25) is 9.59 Å². The minimum Gasteiger partial charge on any atom is -0.330 e. The molecule has 1 aromatic heterocycles. The molecule has 0 radical (unpaired) electrons. The first-order valence-electron chi connectivity index (χ1n) is 8.44. The van der Waals surface area contributed by atoms with E-state index in [0.717, 1.165) is 31.2 Å². The van der Waals surface area contributed by atoms with Gasteiger partial charge in [0.2, 0.25) is 5.91 Å². The zero-order valence-electron chi connectivity index (χ0n) is 14.3. The van der Waals surface area contributed by atoms with E-state index in [0.29, 0.717) is 25.2 Å². The van der Waals surface area contributed by atoms with E-state index in [1.165, 1.54) is 0 Å². The van der Waals surface area contributed by atoms with Crippen LogP contribution in [0.3, 0.4) is 0 Å². The van der Waals surface area contributed by atoms with Crippen molar-refractivity contribution in [3.8, 4) is 0 Å². The van der Waals surface area contributed by atoms with Crippen molar-refractivity contribution >= 4 is 24.0 Å². The van der Waals surface area contributed by atoms with Gasteiger partial charge in [-0.05, 0) is 37.1 Å². The second-order valence-electron chi connectivity index (χ2n) is 5.84. The van der Waals surface area contributed by atoms with Crippen molar-refractivity contribution in [2.24, 2.45) is 5.73 Å². The molecule has 1 amide bonds. The van der Waals surface area contributed by atoms with Crippen molar-refractivity contribution in [2.75, 3.05) is 11.9 Å². The average Bonchev–Trinajstić information content (AvgIpc) is 2.59. The normalized spacial score (nSPS) is 10.1. The van der Waals surface area contributed by atoms with Gasteiger partial charge >= 0.3 is 0 Å². The molecule has 0 bridgehead atoms. The third-order valence-corrected chi connectivity index (χ3v) is 3.85. The van der Waals surface area contributed by atoms with Gasteiger partial charge in [-0.2, -0.15) is 0 Å². The lowest BCUT2D eigenvalue weighted by molar-refractivity contribution is -0.116. The van der Waals surface area contributed by atoms with Gasteiger partial charge in [0.15, 0.2) is 0 Å². The van der Waals surface area contributed by atoms with Gasteiger partial charge in [0, 0.05) is 12.6 Å². The second-order valence-corrected chi connectivity index (χ2v) is 5.84. The topological polar surface area (TPSA) is 77.1 Å². The van der Waals surface area contributed by atoms with E-state index >= 15 is 0 Å². The Morgan fingerprint density at radius 1 is 1.00 bits per heavy atom. The molecule has 3 N–H and O–H groups in total. The van der Waals surface area contributed by atoms with E-state index in [1.54, 1.807) is 22.9 Å². The molecule has 5 nitrogen and oxygen atoms in total. The number of benzene rings is 1. The van der Waals surface area contributed by atoms with Crippen molar-refractivity contribution < 1.29 is 4.79 Å². The van der Waals surface area contributed by atoms with Crippen molar-refractivity contribution in [3.63, 3.8) is 0 Å². The van der Waals surface area contributed by atoms with Crippen LogP contribution >= 0.6 is 12.4 Å². The number of anilines is 1. The maximum atomic E-state index is 12.5. The molecule has 0 aliphatic heterocycles. The molecule has 1 aromatic carbocycles. The molecule has 25 heavy (non-hydrogen) atoms. The predicted molar refractivity (Wildman–Crippen MR) is 104 cm³/mol. The number of halogens is 1. The monoisotopic (exact) mass is 363 g/mol. The highest BCUT2D eigenvalue weighted by Crippen LogP contribution is 2.06. The van der Waals surface area contributed by atoms with E-state index in [-0.39, 0.29) is 23.9 Å². The van der Waals surface area contributed by atoms with Crippen LogP contribution in [-0.4, -0.2) is 17.0 Å². The summed E-state index contributed by atoms with van der Waals surface area (Å²) in [5, 5.41) is 2.73. The first-order valence-corrected chi connectivity index (χ1v) is 8.44. The van der Waals surface area contributed by atoms with E-state index in [2.05, 4.69) is 5.32 Å². The molecule has 0 atom stereocenters. The van der Waals surface area contributed by atoms with Gasteiger partial charge in [0.05, 0.1) is 6.54 Å². The van der Waals surface area contributed by atoms with Crippen LogP contribution in [-0.2, 0) is 11.3 Å². The molecule has 0 aliphatic rings. The van der Waals surface area contributed by atoms with E-state index in [9.17, 15) is 9.59 Å². The Balaban J connectivity index is 0.00000312. The van der Waals surface area contributed by atoms with Crippen LogP contribution < -0.4 is 16.6 Å². The zero-order valence-corrected chi connectivity index (χ0v) is 15.1. The van der Waals surface area contributed by atoms with Gasteiger partial charge in [-0.15, -0.1) is 12.4 Å². The minimum atomic E-state index is -0.183. The van der Waals surface area contributed by atoms with E-state index in [1.807, 2.05) is 30.3 Å². The Bertz CT molecular complexity index is 701. The summed E-state index contributed by atoms with van der Waals surface area (Å²) in [4.78, 5) is 24.4. The molecule has 2 aromatic rings. The fourth-order valence-electron chi connectivity index (χ4n) is 2.53. The maximum Gasteiger partial charge on any atom is 0.274 e. The predicted octanol–water partition coefficient (Wildman–Crippen LogP) is 3.17. The standard InChI is InChI=1S/C19H25N3O2.ClH/c20-13-7-2-1-6-12-18(23)21-17-11-8-14-22(19(17)24)15-16-9-4-3-5-10-16;/h3-5,8-11,14H,1-2,6-7,12-13,15,20H2,(H,21,23);1H. The van der Waals surface area contributed by atoms with E-state index in [4.69, 9.17) is 5.73 Å². The highest BCUT2D eigenvalue weighted by atomic mass is 35.5. The number of hydrogen-bond acceptors (Lipinski definition) is 3. The molecule has 0 aliphatic carbocycles. The summed E-state index contributed by atoms with van der Waals surface area (Å²) in [6.07, 6.45) is 5.99. The summed E-state index contributed by atoms with van der Waals surface area (Å²) in [5.41, 5.74) is 6.64. The van der Waals surface area contributed by atoms with Crippen molar-refractivity contribution in [2.45, 2.75) is 38.6 Å². The first kappa shape index (κ1) is 20.9. The second kappa shape index (κ2) is 11.4. The Labute approximate surface area is 154 Å². The van der Waals surface area contributed by atoms with Crippen LogP contribution in [0.1, 0.15) is 37.7 Å². The number of nitrogens with zero attached hydrogens (tertiary/aromatic N) is 1. The summed E-state index contributed by atoms with van der Waals surface area (Å²) >= 11 is 0. The van der Waals surface area contributed by atoms with Gasteiger partial charge in [0.25, 0.3) is 5.56 Å². The third kappa shape index (κ3) is 7.11. The van der Waals surface area contributed by atoms with Crippen LogP contribution in [0.2, 0.25) is 0 Å². The smallest absolute Gasteiger partial charge is 0.274 e. The molecule has 0 saturated heterocycles. The van der Waals surface area contributed by atoms with Crippen LogP contribution in [0.25, 0.3) is 0 Å². The van der Waals surface area contributed by atoms with Crippen LogP contribution in [0, 0.1) is 0 Å². The van der Waals surface area contributed by atoms with Crippen molar-refractivity contribution in [3.05, 3.63) is 64.6 Å². The lowest BCUT2D eigenvalue weighted by Gasteiger charge is -2.09. The number of pyridine rings is 1.